The van der Waals surface area contributed by atoms with Gasteiger partial charge in [-0.05, 0) is 18.2 Å². The number of imide groups is 1. The number of amides is 2. The Balaban J connectivity index is 2.42. The van der Waals surface area contributed by atoms with E-state index < -0.39 is 17.8 Å². The first-order valence-corrected chi connectivity index (χ1v) is 4.95. The van der Waals surface area contributed by atoms with Gasteiger partial charge >= 0.3 is 0 Å². The fourth-order valence-electron chi connectivity index (χ4n) is 1.46. The van der Waals surface area contributed by atoms with Crippen molar-refractivity contribution in [1.82, 2.24) is 0 Å². The zero-order valence-electron chi connectivity index (χ0n) is 8.34. The van der Waals surface area contributed by atoms with E-state index in [0.29, 0.717) is 0 Å². The van der Waals surface area contributed by atoms with Gasteiger partial charge in [0.25, 0.3) is 11.8 Å². The molecule has 17 heavy (non-hydrogen) atoms. The number of nitrogens with zero attached hydrogens (tertiary/aromatic N) is 1. The predicted molar refractivity (Wildman–Crippen MR) is 57.4 cm³/mol. The maximum Gasteiger partial charge on any atom is 0.258 e. The first kappa shape index (κ1) is 11.3. The summed E-state index contributed by atoms with van der Waals surface area (Å²) in [7, 11) is 0. The average Bonchev–Trinajstić information content (AvgIpc) is 2.58. The molecule has 0 aromatic heterocycles. The third-order valence-corrected chi connectivity index (χ3v) is 2.55. The summed E-state index contributed by atoms with van der Waals surface area (Å²) >= 11 is 5.71. The number of hydrogen-bond donors (Lipinski definition) is 0. The molecule has 1 heterocycles. The van der Waals surface area contributed by atoms with Crippen LogP contribution in [-0.4, -0.2) is 17.8 Å². The van der Waals surface area contributed by atoms with E-state index in [1.54, 1.807) is 0 Å². The molecular formula is C11H5ClNO4-. The van der Waals surface area contributed by atoms with Gasteiger partial charge in [-0.15, -0.1) is 0 Å². The van der Waals surface area contributed by atoms with Gasteiger partial charge in [0.2, 0.25) is 0 Å². The summed E-state index contributed by atoms with van der Waals surface area (Å²) in [5, 5.41) is 10.5. The fourth-order valence-corrected chi connectivity index (χ4v) is 1.72. The van der Waals surface area contributed by atoms with Crippen molar-refractivity contribution < 1.29 is 19.5 Å². The summed E-state index contributed by atoms with van der Waals surface area (Å²) in [5.74, 6) is -2.40. The quantitative estimate of drug-likeness (QED) is 0.699. The van der Waals surface area contributed by atoms with Crippen molar-refractivity contribution >= 4 is 35.1 Å². The van der Waals surface area contributed by atoms with Crippen LogP contribution in [0.4, 0.5) is 5.69 Å². The summed E-state index contributed by atoms with van der Waals surface area (Å²) in [6.07, 6.45) is 2.26. The number of carboxylic acids is 1. The Labute approximate surface area is 101 Å². The van der Waals surface area contributed by atoms with Crippen LogP contribution in [-0.2, 0) is 9.59 Å². The van der Waals surface area contributed by atoms with Crippen LogP contribution in [0, 0.1) is 0 Å². The van der Waals surface area contributed by atoms with Gasteiger partial charge in [-0.3, -0.25) is 9.59 Å². The maximum atomic E-state index is 11.4. The summed E-state index contributed by atoms with van der Waals surface area (Å²) < 4.78 is 0. The third kappa shape index (κ3) is 1.92. The van der Waals surface area contributed by atoms with Crippen molar-refractivity contribution in [2.45, 2.75) is 0 Å². The lowest BCUT2D eigenvalue weighted by atomic mass is 10.2. The number of carbonyl (C=O) groups excluding carboxylic acids is 3. The molecule has 0 bridgehead atoms. The van der Waals surface area contributed by atoms with Crippen molar-refractivity contribution in [1.29, 1.82) is 0 Å². The maximum absolute atomic E-state index is 11.4. The van der Waals surface area contributed by atoms with Gasteiger partial charge < -0.3 is 9.90 Å². The first-order chi connectivity index (χ1) is 8.00. The summed E-state index contributed by atoms with van der Waals surface area (Å²) in [6, 6.07) is 3.74. The molecule has 2 amide bonds. The number of anilines is 1. The van der Waals surface area contributed by atoms with Crippen molar-refractivity contribution in [2.75, 3.05) is 4.90 Å². The lowest BCUT2D eigenvalue weighted by molar-refractivity contribution is -0.255. The predicted octanol–water partition coefficient (Wildman–Crippen LogP) is 0.133. The van der Waals surface area contributed by atoms with Crippen LogP contribution < -0.4 is 10.0 Å². The van der Waals surface area contributed by atoms with Crippen LogP contribution in [0.2, 0.25) is 5.02 Å². The van der Waals surface area contributed by atoms with E-state index in [9.17, 15) is 19.5 Å². The minimum Gasteiger partial charge on any atom is -0.545 e. The Morgan fingerprint density at radius 2 is 1.76 bits per heavy atom. The molecular weight excluding hydrogens is 246 g/mol. The summed E-state index contributed by atoms with van der Waals surface area (Å²) in [4.78, 5) is 34.2. The van der Waals surface area contributed by atoms with Gasteiger partial charge in [0.15, 0.2) is 0 Å². The molecule has 86 valence electrons. The van der Waals surface area contributed by atoms with E-state index in [2.05, 4.69) is 0 Å². The van der Waals surface area contributed by atoms with Gasteiger partial charge in [0.05, 0.1) is 16.7 Å². The van der Waals surface area contributed by atoms with Gasteiger partial charge in [-0.1, -0.05) is 11.6 Å². The highest BCUT2D eigenvalue weighted by Gasteiger charge is 2.25. The molecule has 0 N–H and O–H groups in total. The molecule has 2 rings (SSSR count). The molecule has 0 unspecified atom stereocenters. The minimum atomic E-state index is -1.42. The molecule has 1 aromatic carbocycles. The van der Waals surface area contributed by atoms with E-state index in [1.807, 2.05) is 0 Å². The van der Waals surface area contributed by atoms with E-state index in [0.717, 1.165) is 17.1 Å². The molecule has 0 fully saturated rings. The van der Waals surface area contributed by atoms with Gasteiger partial charge in [0.1, 0.15) is 0 Å². The topological polar surface area (TPSA) is 77.5 Å². The molecule has 6 heteroatoms. The zero-order chi connectivity index (χ0) is 12.6. The Bertz CT molecular complexity index is 547. The molecule has 0 saturated heterocycles. The highest BCUT2D eigenvalue weighted by molar-refractivity contribution is 6.34. The lowest BCUT2D eigenvalue weighted by Crippen LogP contribution is -2.29. The van der Waals surface area contributed by atoms with Crippen LogP contribution in [0.25, 0.3) is 0 Å². The number of halogens is 1. The van der Waals surface area contributed by atoms with Crippen molar-refractivity contribution in [2.24, 2.45) is 0 Å². The standard InChI is InChI=1S/C11H6ClNO4/c12-8-5-6(1-2-7(8)11(16)17)13-9(14)3-4-10(13)15/h1-5H,(H,16,17)/p-1. The second-order valence-corrected chi connectivity index (χ2v) is 3.70. The molecule has 0 radical (unpaired) electrons. The monoisotopic (exact) mass is 250 g/mol. The number of benzene rings is 1. The molecule has 0 spiro atoms. The molecule has 0 atom stereocenters. The normalized spacial score (nSPS) is 14.5. The van der Waals surface area contributed by atoms with E-state index in [1.165, 1.54) is 18.2 Å². The molecule has 1 aromatic rings. The summed E-state index contributed by atoms with van der Waals surface area (Å²) in [6.45, 7) is 0. The average molecular weight is 251 g/mol. The summed E-state index contributed by atoms with van der Waals surface area (Å²) in [5.41, 5.74) is 0.0301. The molecule has 1 aliphatic rings. The second kappa shape index (κ2) is 4.03. The lowest BCUT2D eigenvalue weighted by Gasteiger charge is -2.15. The number of rotatable bonds is 2. The van der Waals surface area contributed by atoms with Gasteiger partial charge in [-0.25, -0.2) is 4.90 Å². The molecule has 0 saturated carbocycles. The van der Waals surface area contributed by atoms with Crippen molar-refractivity contribution in [3.63, 3.8) is 0 Å². The SMILES string of the molecule is O=C([O-])c1ccc(N2C(=O)C=CC2=O)cc1Cl. The Morgan fingerprint density at radius 3 is 2.24 bits per heavy atom. The van der Waals surface area contributed by atoms with Gasteiger partial charge in [0, 0.05) is 17.7 Å². The zero-order valence-corrected chi connectivity index (χ0v) is 9.10. The van der Waals surface area contributed by atoms with Crippen molar-refractivity contribution in [3.05, 3.63) is 40.9 Å². The van der Waals surface area contributed by atoms with E-state index >= 15 is 0 Å². The third-order valence-electron chi connectivity index (χ3n) is 2.24. The van der Waals surface area contributed by atoms with Crippen LogP contribution in [0.3, 0.4) is 0 Å². The fraction of sp³-hybridized carbons (Fsp3) is 0. The van der Waals surface area contributed by atoms with Crippen LogP contribution in [0.5, 0.6) is 0 Å². The van der Waals surface area contributed by atoms with Gasteiger partial charge in [-0.2, -0.15) is 0 Å². The molecule has 1 aliphatic heterocycles. The Hall–Kier alpha value is -2.14. The first-order valence-electron chi connectivity index (χ1n) is 4.58. The minimum absolute atomic E-state index is 0.0880. The number of carbonyl (C=O) groups is 3. The smallest absolute Gasteiger partial charge is 0.258 e. The molecule has 0 aliphatic carbocycles. The number of hydrogen-bond acceptors (Lipinski definition) is 4. The van der Waals surface area contributed by atoms with Crippen LogP contribution in [0.15, 0.2) is 30.4 Å². The number of aromatic carboxylic acids is 1. The van der Waals surface area contributed by atoms with Crippen molar-refractivity contribution in [3.8, 4) is 0 Å². The van der Waals surface area contributed by atoms with E-state index in [4.69, 9.17) is 11.6 Å². The van der Waals surface area contributed by atoms with Crippen LogP contribution in [0.1, 0.15) is 10.4 Å². The number of carboxylic acid groups (broad SMARTS) is 1. The highest BCUT2D eigenvalue weighted by Crippen LogP contribution is 2.25. The second-order valence-electron chi connectivity index (χ2n) is 3.30. The Kier molecular flexibility index (Phi) is 2.69. The van der Waals surface area contributed by atoms with Crippen LogP contribution >= 0.6 is 11.6 Å². The highest BCUT2D eigenvalue weighted by atomic mass is 35.5. The Morgan fingerprint density at radius 1 is 1.18 bits per heavy atom. The largest absolute Gasteiger partial charge is 0.545 e. The molecule has 5 nitrogen and oxygen atoms in total. The van der Waals surface area contributed by atoms with E-state index in [-0.39, 0.29) is 16.3 Å².